The van der Waals surface area contributed by atoms with Crippen molar-refractivity contribution in [3.8, 4) is 5.69 Å². The van der Waals surface area contributed by atoms with E-state index in [1.54, 1.807) is 6.92 Å². The van der Waals surface area contributed by atoms with Gasteiger partial charge in [0.2, 0.25) is 0 Å². The maximum absolute atomic E-state index is 13.7. The van der Waals surface area contributed by atoms with E-state index in [2.05, 4.69) is 40.2 Å². The van der Waals surface area contributed by atoms with Gasteiger partial charge in [-0.2, -0.15) is 0 Å². The number of ether oxygens (including phenoxy) is 1. The number of anilines is 1. The number of carbonyl (C=O) groups excluding carboxylic acids is 2. The van der Waals surface area contributed by atoms with E-state index in [0.717, 1.165) is 28.1 Å². The lowest BCUT2D eigenvalue weighted by Crippen LogP contribution is -2.37. The third kappa shape index (κ3) is 4.68. The molecular weight excluding hydrogens is 438 g/mol. The number of benzene rings is 3. The first-order valence-electron chi connectivity index (χ1n) is 11.8. The lowest BCUT2D eigenvalue weighted by molar-refractivity contribution is -0.142. The number of esters is 1. The first-order chi connectivity index (χ1) is 17.1. The van der Waals surface area contributed by atoms with E-state index in [1.165, 1.54) is 0 Å². The highest BCUT2D eigenvalue weighted by Gasteiger charge is 2.32. The maximum atomic E-state index is 13.7. The summed E-state index contributed by atoms with van der Waals surface area (Å²) in [6.45, 7) is 2.61. The smallest absolute Gasteiger partial charge is 0.322 e. The standard InChI is InChI=1S/C29H27N3O3/c1-2-35-27(33)19-21-14-16-24(17-15-21)30-29(34)32-20-23-11-6-7-12-25(23)31-18-8-13-26(31)28(32)22-9-4-3-5-10-22/h3-18,28H,2,19-20H2,1H3,(H,30,34). The van der Waals surface area contributed by atoms with Gasteiger partial charge >= 0.3 is 12.0 Å². The molecule has 4 aromatic rings. The minimum Gasteiger partial charge on any atom is -0.466 e. The summed E-state index contributed by atoms with van der Waals surface area (Å²) in [5.74, 6) is -0.263. The molecule has 6 nitrogen and oxygen atoms in total. The average Bonchev–Trinajstić information content (AvgIpc) is 3.30. The van der Waals surface area contributed by atoms with Crippen LogP contribution in [-0.4, -0.2) is 28.1 Å². The van der Waals surface area contributed by atoms with Crippen LogP contribution >= 0.6 is 0 Å². The first kappa shape index (κ1) is 22.5. The quantitative estimate of drug-likeness (QED) is 0.384. The number of aromatic nitrogens is 1. The minimum absolute atomic E-state index is 0.193. The second-order valence-electron chi connectivity index (χ2n) is 8.48. The van der Waals surface area contributed by atoms with Crippen LogP contribution in [0.4, 0.5) is 10.5 Å². The molecule has 0 radical (unpaired) electrons. The monoisotopic (exact) mass is 465 g/mol. The zero-order valence-electron chi connectivity index (χ0n) is 19.6. The van der Waals surface area contributed by atoms with Crippen LogP contribution in [0.15, 0.2) is 97.2 Å². The van der Waals surface area contributed by atoms with E-state index in [4.69, 9.17) is 4.74 Å². The van der Waals surface area contributed by atoms with E-state index < -0.39 is 0 Å². The number of nitrogens with one attached hydrogen (secondary N) is 1. The van der Waals surface area contributed by atoms with Crippen LogP contribution in [0.2, 0.25) is 0 Å². The molecule has 0 aliphatic carbocycles. The van der Waals surface area contributed by atoms with Crippen molar-refractivity contribution in [2.45, 2.75) is 25.9 Å². The Balaban J connectivity index is 1.46. The number of nitrogens with zero attached hydrogens (tertiary/aromatic N) is 2. The van der Waals surface area contributed by atoms with Crippen LogP contribution in [0.3, 0.4) is 0 Å². The van der Waals surface area contributed by atoms with Crippen LogP contribution in [0.25, 0.3) is 5.69 Å². The molecule has 2 heterocycles. The Morgan fingerprint density at radius 2 is 1.66 bits per heavy atom. The third-order valence-electron chi connectivity index (χ3n) is 6.20. The van der Waals surface area contributed by atoms with Crippen LogP contribution in [0.1, 0.15) is 35.3 Å². The fraction of sp³-hybridized carbons (Fsp3) is 0.172. The van der Waals surface area contributed by atoms with Gasteiger partial charge in [-0.3, -0.25) is 4.79 Å². The molecule has 1 unspecified atom stereocenters. The van der Waals surface area contributed by atoms with Gasteiger partial charge in [0.05, 0.1) is 31.3 Å². The van der Waals surface area contributed by atoms with Crippen molar-refractivity contribution in [3.63, 3.8) is 0 Å². The van der Waals surface area contributed by atoms with Crippen molar-refractivity contribution in [3.05, 3.63) is 120 Å². The molecule has 1 N–H and O–H groups in total. The lowest BCUT2D eigenvalue weighted by atomic mass is 10.0. The largest absolute Gasteiger partial charge is 0.466 e. The van der Waals surface area contributed by atoms with Gasteiger partial charge in [-0.15, -0.1) is 0 Å². The number of para-hydroxylation sites is 1. The maximum Gasteiger partial charge on any atom is 0.322 e. The van der Waals surface area contributed by atoms with Gasteiger partial charge in [-0.05, 0) is 53.9 Å². The van der Waals surface area contributed by atoms with Gasteiger partial charge in [0.1, 0.15) is 0 Å². The molecule has 1 aromatic heterocycles. The molecule has 0 saturated carbocycles. The lowest BCUT2D eigenvalue weighted by Gasteiger charge is -2.31. The Labute approximate surface area is 204 Å². The third-order valence-corrected chi connectivity index (χ3v) is 6.20. The summed E-state index contributed by atoms with van der Waals surface area (Å²) in [5.41, 5.74) is 5.73. The Bertz CT molecular complexity index is 1330. The van der Waals surface area contributed by atoms with E-state index in [-0.39, 0.29) is 24.5 Å². The predicted molar refractivity (Wildman–Crippen MR) is 135 cm³/mol. The zero-order valence-corrected chi connectivity index (χ0v) is 19.6. The zero-order chi connectivity index (χ0) is 24.2. The first-order valence-corrected chi connectivity index (χ1v) is 11.8. The summed E-state index contributed by atoms with van der Waals surface area (Å²) in [4.78, 5) is 27.4. The van der Waals surface area contributed by atoms with Gasteiger partial charge in [0, 0.05) is 17.6 Å². The number of hydrogen-bond acceptors (Lipinski definition) is 3. The van der Waals surface area contributed by atoms with Crippen molar-refractivity contribution >= 4 is 17.7 Å². The van der Waals surface area contributed by atoms with E-state index in [0.29, 0.717) is 18.8 Å². The van der Waals surface area contributed by atoms with Crippen LogP contribution in [-0.2, 0) is 22.5 Å². The molecule has 6 heteroatoms. The predicted octanol–water partition coefficient (Wildman–Crippen LogP) is 5.72. The minimum atomic E-state index is -0.263. The fourth-order valence-corrected chi connectivity index (χ4v) is 4.61. The van der Waals surface area contributed by atoms with Gasteiger partial charge in [0.25, 0.3) is 0 Å². The van der Waals surface area contributed by atoms with Gasteiger partial charge in [-0.1, -0.05) is 60.7 Å². The molecule has 5 rings (SSSR count). The fourth-order valence-electron chi connectivity index (χ4n) is 4.61. The highest BCUT2D eigenvalue weighted by Crippen LogP contribution is 2.36. The summed E-state index contributed by atoms with van der Waals surface area (Å²) >= 11 is 0. The molecule has 1 atom stereocenters. The second kappa shape index (κ2) is 9.89. The molecule has 176 valence electrons. The topological polar surface area (TPSA) is 63.6 Å². The molecule has 2 amide bonds. The average molecular weight is 466 g/mol. The molecule has 0 bridgehead atoms. The van der Waals surface area contributed by atoms with Crippen molar-refractivity contribution in [2.24, 2.45) is 0 Å². The SMILES string of the molecule is CCOC(=O)Cc1ccc(NC(=O)N2Cc3ccccc3-n3cccc3C2c2ccccc2)cc1. The number of hydrogen-bond donors (Lipinski definition) is 1. The van der Waals surface area contributed by atoms with E-state index in [9.17, 15) is 9.59 Å². The number of rotatable bonds is 5. The molecule has 0 fully saturated rings. The van der Waals surface area contributed by atoms with Gasteiger partial charge in [-0.25, -0.2) is 4.79 Å². The molecule has 1 aliphatic rings. The molecule has 3 aromatic carbocycles. The van der Waals surface area contributed by atoms with E-state index in [1.807, 2.05) is 71.8 Å². The summed E-state index contributed by atoms with van der Waals surface area (Å²) in [6.07, 6.45) is 2.26. The second-order valence-corrected chi connectivity index (χ2v) is 8.48. The van der Waals surface area contributed by atoms with Crippen LogP contribution < -0.4 is 5.32 Å². The van der Waals surface area contributed by atoms with Gasteiger partial charge < -0.3 is 19.5 Å². The Morgan fingerprint density at radius 1 is 0.914 bits per heavy atom. The molecule has 1 aliphatic heterocycles. The van der Waals surface area contributed by atoms with Crippen molar-refractivity contribution in [1.82, 2.24) is 9.47 Å². The highest BCUT2D eigenvalue weighted by molar-refractivity contribution is 5.90. The molecular formula is C29H27N3O3. The van der Waals surface area contributed by atoms with Crippen molar-refractivity contribution < 1.29 is 14.3 Å². The van der Waals surface area contributed by atoms with Gasteiger partial charge in [0.15, 0.2) is 0 Å². The number of fused-ring (bicyclic) bond motifs is 3. The van der Waals surface area contributed by atoms with Crippen molar-refractivity contribution in [1.29, 1.82) is 0 Å². The number of urea groups is 1. The summed E-state index contributed by atoms with van der Waals surface area (Å²) < 4.78 is 7.19. The Morgan fingerprint density at radius 3 is 2.43 bits per heavy atom. The number of amides is 2. The Kier molecular flexibility index (Phi) is 6.35. The summed E-state index contributed by atoms with van der Waals surface area (Å²) in [6, 6.07) is 29.2. The highest BCUT2D eigenvalue weighted by atomic mass is 16.5. The van der Waals surface area contributed by atoms with E-state index >= 15 is 0 Å². The normalized spacial score (nSPS) is 14.4. The van der Waals surface area contributed by atoms with Crippen LogP contribution in [0, 0.1) is 0 Å². The molecule has 0 spiro atoms. The molecule has 0 saturated heterocycles. The summed E-state index contributed by atoms with van der Waals surface area (Å²) in [5, 5.41) is 3.06. The number of carbonyl (C=O) groups is 2. The van der Waals surface area contributed by atoms with Crippen LogP contribution in [0.5, 0.6) is 0 Å². The van der Waals surface area contributed by atoms with Crippen molar-refractivity contribution in [2.75, 3.05) is 11.9 Å². The summed E-state index contributed by atoms with van der Waals surface area (Å²) in [7, 11) is 0. The molecule has 35 heavy (non-hydrogen) atoms. The Hall–Kier alpha value is -4.32.